The largest absolute Gasteiger partial charge is 0.458 e. The van der Waals surface area contributed by atoms with Gasteiger partial charge in [-0.25, -0.2) is 9.59 Å². The van der Waals surface area contributed by atoms with Gasteiger partial charge in [0.25, 0.3) is 0 Å². The Balaban J connectivity index is 1.90. The smallest absolute Gasteiger partial charge is 0.330 e. The van der Waals surface area contributed by atoms with Gasteiger partial charge < -0.3 is 29.9 Å². The lowest BCUT2D eigenvalue weighted by Gasteiger charge is -2.38. The Hall–Kier alpha value is -2.24. The topological polar surface area (TPSA) is 122 Å². The van der Waals surface area contributed by atoms with Crippen molar-refractivity contribution in [3.63, 3.8) is 0 Å². The molecule has 184 valence electrons. The number of carbonyl (C=O) groups excluding carboxylic acids is 2. The summed E-state index contributed by atoms with van der Waals surface area (Å²) in [4.78, 5) is 42.4. The van der Waals surface area contributed by atoms with Crippen LogP contribution in [0.5, 0.6) is 0 Å². The SMILES string of the molecule is CC(C)(C)OC(=O)C1CNCCN1c1nc(Cl)nc(N2CCNCC2C(=O)OC(C)(C)C)n1. The molecule has 33 heavy (non-hydrogen) atoms. The first-order chi connectivity index (χ1) is 15.3. The van der Waals surface area contributed by atoms with Crippen LogP contribution in [-0.2, 0) is 19.1 Å². The molecule has 1 aromatic heterocycles. The first kappa shape index (κ1) is 25.4. The first-order valence-electron chi connectivity index (χ1n) is 11.2. The van der Waals surface area contributed by atoms with E-state index in [0.29, 0.717) is 39.3 Å². The number of nitrogens with zero attached hydrogens (tertiary/aromatic N) is 5. The second-order valence-electron chi connectivity index (χ2n) is 10.1. The van der Waals surface area contributed by atoms with Gasteiger partial charge in [0.2, 0.25) is 17.2 Å². The van der Waals surface area contributed by atoms with Crippen molar-refractivity contribution in [1.29, 1.82) is 0 Å². The van der Waals surface area contributed by atoms with Gasteiger partial charge in [0.05, 0.1) is 0 Å². The van der Waals surface area contributed by atoms with E-state index in [9.17, 15) is 9.59 Å². The molecule has 0 bridgehead atoms. The Morgan fingerprint density at radius 3 is 1.58 bits per heavy atom. The van der Waals surface area contributed by atoms with Gasteiger partial charge in [0, 0.05) is 39.3 Å². The average Bonchev–Trinajstić information content (AvgIpc) is 2.71. The second-order valence-corrected chi connectivity index (χ2v) is 10.4. The number of piperazine rings is 2. The molecule has 2 unspecified atom stereocenters. The summed E-state index contributed by atoms with van der Waals surface area (Å²) in [6, 6.07) is -1.23. The fourth-order valence-corrected chi connectivity index (χ4v) is 3.79. The van der Waals surface area contributed by atoms with Crippen molar-refractivity contribution in [3.05, 3.63) is 5.28 Å². The van der Waals surface area contributed by atoms with E-state index in [1.54, 1.807) is 9.80 Å². The van der Waals surface area contributed by atoms with Crippen molar-refractivity contribution in [2.45, 2.75) is 64.8 Å². The first-order valence-corrected chi connectivity index (χ1v) is 11.5. The van der Waals surface area contributed by atoms with Crippen molar-refractivity contribution >= 4 is 35.4 Å². The van der Waals surface area contributed by atoms with Crippen LogP contribution in [0.2, 0.25) is 5.28 Å². The summed E-state index contributed by atoms with van der Waals surface area (Å²) in [6.45, 7) is 14.0. The molecule has 2 atom stereocenters. The molecule has 0 amide bonds. The van der Waals surface area contributed by atoms with E-state index in [2.05, 4.69) is 25.6 Å². The number of carbonyl (C=O) groups is 2. The maximum absolute atomic E-state index is 12.9. The summed E-state index contributed by atoms with van der Waals surface area (Å²) in [7, 11) is 0. The molecule has 3 rings (SSSR count). The number of rotatable bonds is 4. The van der Waals surface area contributed by atoms with E-state index < -0.39 is 23.3 Å². The fraction of sp³-hybridized carbons (Fsp3) is 0.762. The number of halogens is 1. The number of anilines is 2. The van der Waals surface area contributed by atoms with E-state index in [1.807, 2.05) is 41.5 Å². The third-order valence-electron chi connectivity index (χ3n) is 4.94. The minimum absolute atomic E-state index is 0.0158. The van der Waals surface area contributed by atoms with Crippen LogP contribution in [0.3, 0.4) is 0 Å². The predicted octanol–water partition coefficient (Wildman–Crippen LogP) is 0.765. The monoisotopic (exact) mass is 483 g/mol. The Morgan fingerprint density at radius 1 is 0.818 bits per heavy atom. The predicted molar refractivity (Wildman–Crippen MR) is 125 cm³/mol. The summed E-state index contributed by atoms with van der Waals surface area (Å²) < 4.78 is 11.2. The Labute approximate surface area is 199 Å². The number of nitrogens with one attached hydrogen (secondary N) is 2. The number of hydrogen-bond donors (Lipinski definition) is 2. The Morgan fingerprint density at radius 2 is 1.21 bits per heavy atom. The number of aromatic nitrogens is 3. The summed E-state index contributed by atoms with van der Waals surface area (Å²) in [5, 5.41) is 6.41. The minimum atomic E-state index is -0.621. The fourth-order valence-electron chi connectivity index (χ4n) is 3.63. The van der Waals surface area contributed by atoms with Gasteiger partial charge in [0.15, 0.2) is 0 Å². The highest BCUT2D eigenvalue weighted by atomic mass is 35.5. The number of hydrogen-bond acceptors (Lipinski definition) is 11. The lowest BCUT2D eigenvalue weighted by molar-refractivity contribution is -0.157. The van der Waals surface area contributed by atoms with E-state index in [1.165, 1.54) is 0 Å². The number of esters is 2. The third kappa shape index (κ3) is 6.87. The zero-order valence-electron chi connectivity index (χ0n) is 20.1. The van der Waals surface area contributed by atoms with Crippen LogP contribution in [-0.4, -0.2) is 89.4 Å². The molecule has 0 saturated carbocycles. The molecule has 2 N–H and O–H groups in total. The molecule has 3 heterocycles. The molecule has 1 aromatic rings. The summed E-state index contributed by atoms with van der Waals surface area (Å²) in [5.41, 5.74) is -1.24. The van der Waals surface area contributed by atoms with Gasteiger partial charge >= 0.3 is 11.9 Å². The zero-order valence-corrected chi connectivity index (χ0v) is 20.9. The quantitative estimate of drug-likeness (QED) is 0.590. The van der Waals surface area contributed by atoms with Gasteiger partial charge in [-0.05, 0) is 53.1 Å². The van der Waals surface area contributed by atoms with Gasteiger partial charge in [-0.1, -0.05) is 0 Å². The molecule has 0 aliphatic carbocycles. The van der Waals surface area contributed by atoms with Crippen molar-refractivity contribution < 1.29 is 19.1 Å². The minimum Gasteiger partial charge on any atom is -0.458 e. The molecule has 2 fully saturated rings. The van der Waals surface area contributed by atoms with Crippen LogP contribution in [0.4, 0.5) is 11.9 Å². The molecule has 11 nitrogen and oxygen atoms in total. The maximum Gasteiger partial charge on any atom is 0.330 e. The molecular formula is C21H34ClN7O4. The summed E-state index contributed by atoms with van der Waals surface area (Å²) in [6.07, 6.45) is 0. The van der Waals surface area contributed by atoms with Crippen LogP contribution in [0, 0.1) is 0 Å². The Kier molecular flexibility index (Phi) is 7.65. The van der Waals surface area contributed by atoms with Crippen molar-refractivity contribution in [3.8, 4) is 0 Å². The second kappa shape index (κ2) is 9.94. The highest BCUT2D eigenvalue weighted by Gasteiger charge is 2.37. The van der Waals surface area contributed by atoms with E-state index in [0.717, 1.165) is 0 Å². The van der Waals surface area contributed by atoms with Gasteiger partial charge in [0.1, 0.15) is 23.3 Å². The normalized spacial score (nSPS) is 22.2. The third-order valence-corrected chi connectivity index (χ3v) is 5.11. The van der Waals surface area contributed by atoms with Crippen LogP contribution in [0.1, 0.15) is 41.5 Å². The van der Waals surface area contributed by atoms with Crippen molar-refractivity contribution in [2.75, 3.05) is 49.1 Å². The van der Waals surface area contributed by atoms with E-state index in [4.69, 9.17) is 21.1 Å². The highest BCUT2D eigenvalue weighted by Crippen LogP contribution is 2.24. The molecular weight excluding hydrogens is 450 g/mol. The van der Waals surface area contributed by atoms with Crippen molar-refractivity contribution in [2.24, 2.45) is 0 Å². The molecule has 2 saturated heterocycles. The van der Waals surface area contributed by atoms with Gasteiger partial charge in [-0.2, -0.15) is 15.0 Å². The molecule has 12 heteroatoms. The van der Waals surface area contributed by atoms with E-state index >= 15 is 0 Å². The standard InChI is InChI=1S/C21H34ClN7O4/c1-20(2,3)32-15(30)13-11-23-7-9-28(13)18-25-17(22)26-19(27-18)29-10-8-24-12-14(29)16(31)33-21(4,5)6/h13-14,23-24H,7-12H2,1-6H3. The van der Waals surface area contributed by atoms with Crippen LogP contribution in [0.25, 0.3) is 0 Å². The van der Waals surface area contributed by atoms with Crippen LogP contribution in [0.15, 0.2) is 0 Å². The molecule has 0 spiro atoms. The highest BCUT2D eigenvalue weighted by molar-refractivity contribution is 6.28. The lowest BCUT2D eigenvalue weighted by Crippen LogP contribution is -2.58. The molecule has 0 aromatic carbocycles. The molecule has 2 aliphatic rings. The summed E-state index contributed by atoms with van der Waals surface area (Å²) in [5.74, 6) is -0.212. The van der Waals surface area contributed by atoms with Crippen LogP contribution < -0.4 is 20.4 Å². The van der Waals surface area contributed by atoms with Crippen LogP contribution >= 0.6 is 11.6 Å². The number of ether oxygens (including phenoxy) is 2. The average molecular weight is 484 g/mol. The zero-order chi connectivity index (χ0) is 24.4. The molecule has 2 aliphatic heterocycles. The van der Waals surface area contributed by atoms with Gasteiger partial charge in [-0.3, -0.25) is 0 Å². The lowest BCUT2D eigenvalue weighted by atomic mass is 10.1. The summed E-state index contributed by atoms with van der Waals surface area (Å²) >= 11 is 6.28. The van der Waals surface area contributed by atoms with E-state index in [-0.39, 0.29) is 29.1 Å². The van der Waals surface area contributed by atoms with Gasteiger partial charge in [-0.15, -0.1) is 0 Å². The Bertz CT molecular complexity index is 805. The van der Waals surface area contributed by atoms with Crippen molar-refractivity contribution in [1.82, 2.24) is 25.6 Å². The maximum atomic E-state index is 12.9. The molecule has 0 radical (unpaired) electrons.